The van der Waals surface area contributed by atoms with Crippen molar-refractivity contribution < 1.29 is 19.4 Å². The van der Waals surface area contributed by atoms with Crippen LogP contribution in [0.3, 0.4) is 0 Å². The molecule has 1 saturated carbocycles. The van der Waals surface area contributed by atoms with Crippen LogP contribution in [0.2, 0.25) is 0 Å². The first kappa shape index (κ1) is 18.3. The van der Waals surface area contributed by atoms with Crippen molar-refractivity contribution in [2.24, 2.45) is 11.8 Å². The Hall–Kier alpha value is -2.04. The van der Waals surface area contributed by atoms with Gasteiger partial charge in [-0.05, 0) is 43.4 Å². The maximum Gasteiger partial charge on any atom is 0.307 e. The van der Waals surface area contributed by atoms with Crippen molar-refractivity contribution in [1.29, 1.82) is 0 Å². The smallest absolute Gasteiger partial charge is 0.307 e. The first-order valence-corrected chi connectivity index (χ1v) is 8.84. The summed E-state index contributed by atoms with van der Waals surface area (Å²) in [5.41, 5.74) is 1.12. The molecule has 2 rings (SSSR count). The lowest BCUT2D eigenvalue weighted by Gasteiger charge is -2.27. The van der Waals surface area contributed by atoms with Crippen molar-refractivity contribution in [2.45, 2.75) is 45.4 Å². The van der Waals surface area contributed by atoms with E-state index in [-0.39, 0.29) is 11.8 Å². The number of carbonyl (C=O) groups excluding carboxylic acids is 1. The van der Waals surface area contributed by atoms with Crippen LogP contribution in [-0.4, -0.2) is 30.1 Å². The molecule has 2 atom stereocenters. The summed E-state index contributed by atoms with van der Waals surface area (Å²) in [5, 5.41) is 12.2. The molecule has 24 heavy (non-hydrogen) atoms. The van der Waals surface area contributed by atoms with Crippen LogP contribution in [0.5, 0.6) is 5.75 Å². The van der Waals surface area contributed by atoms with Crippen LogP contribution in [0.25, 0.3) is 0 Å². The van der Waals surface area contributed by atoms with E-state index in [1.807, 2.05) is 24.3 Å². The molecule has 1 amide bonds. The highest BCUT2D eigenvalue weighted by molar-refractivity contribution is 5.84. The first-order chi connectivity index (χ1) is 11.6. The molecule has 1 fully saturated rings. The molecule has 0 aromatic heterocycles. The van der Waals surface area contributed by atoms with Gasteiger partial charge >= 0.3 is 5.97 Å². The van der Waals surface area contributed by atoms with Gasteiger partial charge in [0.2, 0.25) is 5.91 Å². The van der Waals surface area contributed by atoms with E-state index in [9.17, 15) is 14.7 Å². The van der Waals surface area contributed by atoms with Gasteiger partial charge in [0.1, 0.15) is 5.75 Å². The molecule has 1 aromatic rings. The van der Waals surface area contributed by atoms with Crippen LogP contribution >= 0.6 is 0 Å². The molecule has 0 saturated heterocycles. The van der Waals surface area contributed by atoms with Crippen LogP contribution in [0.15, 0.2) is 24.3 Å². The van der Waals surface area contributed by atoms with Crippen LogP contribution < -0.4 is 10.1 Å². The fourth-order valence-electron chi connectivity index (χ4n) is 3.17. The number of ether oxygens (including phenoxy) is 1. The zero-order chi connectivity index (χ0) is 17.4. The van der Waals surface area contributed by atoms with Gasteiger partial charge in [0, 0.05) is 6.54 Å². The molecule has 0 radical (unpaired) electrons. The van der Waals surface area contributed by atoms with E-state index in [0.29, 0.717) is 26.0 Å². The van der Waals surface area contributed by atoms with Crippen molar-refractivity contribution in [2.75, 3.05) is 13.2 Å². The van der Waals surface area contributed by atoms with Gasteiger partial charge in [0.25, 0.3) is 0 Å². The number of rotatable bonds is 8. The molecule has 0 aliphatic heterocycles. The van der Waals surface area contributed by atoms with Gasteiger partial charge in [-0.25, -0.2) is 0 Å². The highest BCUT2D eigenvalue weighted by atomic mass is 16.5. The SMILES string of the molecule is CCCOc1ccc(CCNC(=O)C2CCCCC2C(=O)O)cc1. The molecular weight excluding hydrogens is 306 g/mol. The number of carboxylic acid groups (broad SMARTS) is 1. The van der Waals surface area contributed by atoms with Crippen LogP contribution in [0, 0.1) is 11.8 Å². The number of nitrogens with one attached hydrogen (secondary N) is 1. The fourth-order valence-corrected chi connectivity index (χ4v) is 3.17. The minimum Gasteiger partial charge on any atom is -0.494 e. The standard InChI is InChI=1S/C19H27NO4/c1-2-13-24-15-9-7-14(8-10-15)11-12-20-18(21)16-5-3-4-6-17(16)19(22)23/h7-10,16-17H,2-6,11-13H2,1H3,(H,20,21)(H,22,23). The molecule has 5 heteroatoms. The Morgan fingerprint density at radius 2 is 1.83 bits per heavy atom. The third-order valence-corrected chi connectivity index (χ3v) is 4.53. The van der Waals surface area contributed by atoms with E-state index in [0.717, 1.165) is 37.0 Å². The number of benzene rings is 1. The Morgan fingerprint density at radius 3 is 2.46 bits per heavy atom. The predicted molar refractivity (Wildman–Crippen MR) is 92.0 cm³/mol. The maximum atomic E-state index is 12.3. The summed E-state index contributed by atoms with van der Waals surface area (Å²) in [5.74, 6) is -1.03. The monoisotopic (exact) mass is 333 g/mol. The van der Waals surface area contributed by atoms with E-state index in [4.69, 9.17) is 4.74 Å². The van der Waals surface area contributed by atoms with Gasteiger partial charge in [-0.15, -0.1) is 0 Å². The number of hydrogen-bond donors (Lipinski definition) is 2. The number of hydrogen-bond acceptors (Lipinski definition) is 3. The third-order valence-electron chi connectivity index (χ3n) is 4.53. The lowest BCUT2D eigenvalue weighted by Crippen LogP contribution is -2.40. The van der Waals surface area contributed by atoms with E-state index in [1.54, 1.807) is 0 Å². The van der Waals surface area contributed by atoms with E-state index < -0.39 is 11.9 Å². The summed E-state index contributed by atoms with van der Waals surface area (Å²) < 4.78 is 5.54. The molecule has 2 N–H and O–H groups in total. The predicted octanol–water partition coefficient (Wildman–Crippen LogP) is 3.03. The van der Waals surface area contributed by atoms with E-state index in [2.05, 4.69) is 12.2 Å². The Labute approximate surface area is 143 Å². The summed E-state index contributed by atoms with van der Waals surface area (Å²) in [6.45, 7) is 3.30. The van der Waals surface area contributed by atoms with Gasteiger partial charge in [0.05, 0.1) is 18.4 Å². The molecule has 5 nitrogen and oxygen atoms in total. The van der Waals surface area contributed by atoms with Gasteiger partial charge in [-0.2, -0.15) is 0 Å². The molecule has 0 bridgehead atoms. The van der Waals surface area contributed by atoms with Gasteiger partial charge < -0.3 is 15.2 Å². The topological polar surface area (TPSA) is 75.6 Å². The molecule has 0 heterocycles. The molecule has 132 valence electrons. The first-order valence-electron chi connectivity index (χ1n) is 8.84. The Balaban J connectivity index is 1.78. The molecule has 0 spiro atoms. The van der Waals surface area contributed by atoms with Crippen molar-refractivity contribution in [3.63, 3.8) is 0 Å². The molecule has 1 aliphatic rings. The second kappa shape index (κ2) is 9.30. The number of carboxylic acids is 1. The fraction of sp³-hybridized carbons (Fsp3) is 0.579. The van der Waals surface area contributed by atoms with Gasteiger partial charge in [0.15, 0.2) is 0 Å². The van der Waals surface area contributed by atoms with Crippen LogP contribution in [0.4, 0.5) is 0 Å². The lowest BCUT2D eigenvalue weighted by molar-refractivity contribution is -0.148. The summed E-state index contributed by atoms with van der Waals surface area (Å²) in [4.78, 5) is 23.6. The Morgan fingerprint density at radius 1 is 1.17 bits per heavy atom. The number of amides is 1. The molecule has 1 aromatic carbocycles. The minimum atomic E-state index is -0.850. The van der Waals surface area contributed by atoms with Crippen molar-refractivity contribution in [1.82, 2.24) is 5.32 Å². The average Bonchev–Trinajstić information content (AvgIpc) is 2.61. The molecule has 2 unspecified atom stereocenters. The third kappa shape index (κ3) is 5.25. The van der Waals surface area contributed by atoms with Crippen molar-refractivity contribution in [3.8, 4) is 5.75 Å². The average molecular weight is 333 g/mol. The second-order valence-electron chi connectivity index (χ2n) is 6.37. The minimum absolute atomic E-state index is 0.120. The zero-order valence-electron chi connectivity index (χ0n) is 14.3. The number of carbonyl (C=O) groups is 2. The second-order valence-corrected chi connectivity index (χ2v) is 6.37. The molecule has 1 aliphatic carbocycles. The normalized spacial score (nSPS) is 20.4. The summed E-state index contributed by atoms with van der Waals surface area (Å²) in [6.07, 6.45) is 4.81. The van der Waals surface area contributed by atoms with E-state index in [1.165, 1.54) is 0 Å². The Kier molecular flexibility index (Phi) is 7.09. The molecular formula is C19H27NO4. The highest BCUT2D eigenvalue weighted by Crippen LogP contribution is 2.30. The van der Waals surface area contributed by atoms with Gasteiger partial charge in [-0.1, -0.05) is 31.9 Å². The quantitative estimate of drug-likeness (QED) is 0.767. The summed E-state index contributed by atoms with van der Waals surface area (Å²) in [7, 11) is 0. The van der Waals surface area contributed by atoms with Crippen LogP contribution in [-0.2, 0) is 16.0 Å². The van der Waals surface area contributed by atoms with Crippen molar-refractivity contribution in [3.05, 3.63) is 29.8 Å². The number of aliphatic carboxylic acids is 1. The van der Waals surface area contributed by atoms with E-state index >= 15 is 0 Å². The van der Waals surface area contributed by atoms with Gasteiger partial charge in [-0.3, -0.25) is 9.59 Å². The highest BCUT2D eigenvalue weighted by Gasteiger charge is 2.35. The van der Waals surface area contributed by atoms with Crippen molar-refractivity contribution >= 4 is 11.9 Å². The summed E-state index contributed by atoms with van der Waals surface area (Å²) >= 11 is 0. The lowest BCUT2D eigenvalue weighted by atomic mass is 9.78. The van der Waals surface area contributed by atoms with Crippen LogP contribution in [0.1, 0.15) is 44.6 Å². The Bertz CT molecular complexity index is 541. The largest absolute Gasteiger partial charge is 0.494 e. The maximum absolute atomic E-state index is 12.3. The zero-order valence-corrected chi connectivity index (χ0v) is 14.3. The summed E-state index contributed by atoms with van der Waals surface area (Å²) in [6, 6.07) is 7.87.